The summed E-state index contributed by atoms with van der Waals surface area (Å²) in [5.74, 6) is 0.0354. The number of hydrogen-bond acceptors (Lipinski definition) is 3. The van der Waals surface area contributed by atoms with Crippen molar-refractivity contribution in [2.45, 2.75) is 31.3 Å². The Morgan fingerprint density at radius 2 is 2.50 bits per heavy atom. The summed E-state index contributed by atoms with van der Waals surface area (Å²) < 4.78 is 0. The molecule has 3 atom stereocenters. The Kier molecular flexibility index (Phi) is 2.56. The van der Waals surface area contributed by atoms with Crippen LogP contribution >= 0.6 is 11.3 Å². The van der Waals surface area contributed by atoms with Gasteiger partial charge < -0.3 is 11.1 Å². The molecule has 1 fully saturated rings. The van der Waals surface area contributed by atoms with Crippen LogP contribution in [0.5, 0.6) is 0 Å². The van der Waals surface area contributed by atoms with E-state index in [0.29, 0.717) is 0 Å². The highest BCUT2D eigenvalue weighted by Crippen LogP contribution is 2.23. The van der Waals surface area contributed by atoms with Gasteiger partial charge in [0.1, 0.15) is 0 Å². The highest BCUT2D eigenvalue weighted by atomic mass is 32.1. The molecule has 3 N–H and O–H groups in total. The molecule has 1 aromatic heterocycles. The van der Waals surface area contributed by atoms with Gasteiger partial charge in [-0.25, -0.2) is 0 Å². The summed E-state index contributed by atoms with van der Waals surface area (Å²) in [7, 11) is 0. The molecule has 1 saturated carbocycles. The summed E-state index contributed by atoms with van der Waals surface area (Å²) >= 11 is 1.62. The SMILES string of the molecule is CC(C(=O)NC1CC1N)c1cccs1. The molecule has 4 heteroatoms. The molecule has 76 valence electrons. The van der Waals surface area contributed by atoms with Crippen LogP contribution in [0.1, 0.15) is 24.1 Å². The summed E-state index contributed by atoms with van der Waals surface area (Å²) in [5, 5.41) is 4.92. The second-order valence-corrected chi connectivity index (χ2v) is 4.73. The standard InChI is InChI=1S/C10H14N2OS/c1-6(9-3-2-4-14-9)10(13)12-8-5-7(8)11/h2-4,6-8H,5,11H2,1H3,(H,12,13). The zero-order valence-corrected chi connectivity index (χ0v) is 8.88. The summed E-state index contributed by atoms with van der Waals surface area (Å²) in [6, 6.07) is 4.34. The lowest BCUT2D eigenvalue weighted by molar-refractivity contribution is -0.122. The molecule has 0 bridgehead atoms. The lowest BCUT2D eigenvalue weighted by atomic mass is 10.1. The maximum Gasteiger partial charge on any atom is 0.228 e. The third kappa shape index (κ3) is 1.96. The van der Waals surface area contributed by atoms with E-state index in [1.165, 1.54) is 0 Å². The normalized spacial score (nSPS) is 27.0. The highest BCUT2D eigenvalue weighted by Gasteiger charge is 2.35. The maximum absolute atomic E-state index is 11.7. The Morgan fingerprint density at radius 1 is 1.79 bits per heavy atom. The molecule has 3 nitrogen and oxygen atoms in total. The number of rotatable bonds is 3. The van der Waals surface area contributed by atoms with Crippen molar-refractivity contribution >= 4 is 17.2 Å². The maximum atomic E-state index is 11.7. The second kappa shape index (κ2) is 3.71. The molecule has 0 spiro atoms. The van der Waals surface area contributed by atoms with Crippen LogP contribution in [0.4, 0.5) is 0 Å². The van der Waals surface area contributed by atoms with E-state index in [2.05, 4.69) is 5.32 Å². The first-order valence-corrected chi connectivity index (χ1v) is 5.66. The number of nitrogens with one attached hydrogen (secondary N) is 1. The van der Waals surface area contributed by atoms with Gasteiger partial charge in [0.15, 0.2) is 0 Å². The Morgan fingerprint density at radius 3 is 3.00 bits per heavy atom. The molecule has 1 amide bonds. The van der Waals surface area contributed by atoms with Crippen molar-refractivity contribution in [3.63, 3.8) is 0 Å². The van der Waals surface area contributed by atoms with E-state index in [1.807, 2.05) is 24.4 Å². The molecule has 0 aliphatic heterocycles. The van der Waals surface area contributed by atoms with E-state index in [9.17, 15) is 4.79 Å². The van der Waals surface area contributed by atoms with Crippen LogP contribution in [0.25, 0.3) is 0 Å². The van der Waals surface area contributed by atoms with Crippen LogP contribution in [0.2, 0.25) is 0 Å². The molecular formula is C10H14N2OS. The monoisotopic (exact) mass is 210 g/mol. The molecule has 2 rings (SSSR count). The van der Waals surface area contributed by atoms with E-state index in [-0.39, 0.29) is 23.9 Å². The molecule has 0 aromatic carbocycles. The minimum atomic E-state index is -0.0530. The molecule has 1 aromatic rings. The topological polar surface area (TPSA) is 55.1 Å². The van der Waals surface area contributed by atoms with Crippen molar-refractivity contribution in [1.82, 2.24) is 5.32 Å². The number of carbonyl (C=O) groups is 1. The average Bonchev–Trinajstić information content (AvgIpc) is 2.72. The quantitative estimate of drug-likeness (QED) is 0.784. The lowest BCUT2D eigenvalue weighted by Crippen LogP contribution is -2.32. The average molecular weight is 210 g/mol. The Bertz CT molecular complexity index is 323. The third-order valence-corrected chi connectivity index (χ3v) is 3.59. The number of amides is 1. The minimum Gasteiger partial charge on any atom is -0.351 e. The van der Waals surface area contributed by atoms with Crippen molar-refractivity contribution in [2.24, 2.45) is 5.73 Å². The van der Waals surface area contributed by atoms with Crippen LogP contribution in [0.15, 0.2) is 17.5 Å². The van der Waals surface area contributed by atoms with Crippen molar-refractivity contribution in [2.75, 3.05) is 0 Å². The van der Waals surface area contributed by atoms with Crippen LogP contribution < -0.4 is 11.1 Å². The van der Waals surface area contributed by atoms with E-state index >= 15 is 0 Å². The predicted octanol–water partition coefficient (Wildman–Crippen LogP) is 1.07. The molecule has 1 heterocycles. The van der Waals surface area contributed by atoms with Gasteiger partial charge in [-0.3, -0.25) is 4.79 Å². The van der Waals surface area contributed by atoms with Gasteiger partial charge in [0.05, 0.1) is 5.92 Å². The van der Waals surface area contributed by atoms with Gasteiger partial charge in [-0.1, -0.05) is 6.07 Å². The second-order valence-electron chi connectivity index (χ2n) is 3.75. The van der Waals surface area contributed by atoms with Crippen LogP contribution in [-0.4, -0.2) is 18.0 Å². The van der Waals surface area contributed by atoms with Gasteiger partial charge in [-0.2, -0.15) is 0 Å². The fourth-order valence-electron chi connectivity index (χ4n) is 1.36. The van der Waals surface area contributed by atoms with E-state index in [0.717, 1.165) is 11.3 Å². The molecule has 1 aliphatic rings. The first kappa shape index (κ1) is 9.68. The Labute approximate surface area is 87.3 Å². The molecule has 3 unspecified atom stereocenters. The van der Waals surface area contributed by atoms with Crippen molar-refractivity contribution < 1.29 is 4.79 Å². The fourth-order valence-corrected chi connectivity index (χ4v) is 2.14. The summed E-state index contributed by atoms with van der Waals surface area (Å²) in [5.41, 5.74) is 5.62. The number of carbonyl (C=O) groups excluding carboxylic acids is 1. The lowest BCUT2D eigenvalue weighted by Gasteiger charge is -2.09. The Hall–Kier alpha value is -0.870. The van der Waals surface area contributed by atoms with Gasteiger partial charge in [-0.15, -0.1) is 11.3 Å². The van der Waals surface area contributed by atoms with Crippen molar-refractivity contribution in [3.05, 3.63) is 22.4 Å². The van der Waals surface area contributed by atoms with Crippen LogP contribution in [-0.2, 0) is 4.79 Å². The number of hydrogen-bond donors (Lipinski definition) is 2. The molecule has 1 aliphatic carbocycles. The third-order valence-electron chi connectivity index (χ3n) is 2.53. The van der Waals surface area contributed by atoms with E-state index in [4.69, 9.17) is 5.73 Å². The predicted molar refractivity (Wildman–Crippen MR) is 57.3 cm³/mol. The van der Waals surface area contributed by atoms with E-state index < -0.39 is 0 Å². The van der Waals surface area contributed by atoms with Gasteiger partial charge in [0.2, 0.25) is 5.91 Å². The first-order valence-electron chi connectivity index (χ1n) is 4.78. The van der Waals surface area contributed by atoms with Crippen LogP contribution in [0.3, 0.4) is 0 Å². The summed E-state index contributed by atoms with van der Waals surface area (Å²) in [6.07, 6.45) is 0.920. The largest absolute Gasteiger partial charge is 0.351 e. The molecular weight excluding hydrogens is 196 g/mol. The van der Waals surface area contributed by atoms with Crippen molar-refractivity contribution in [1.29, 1.82) is 0 Å². The van der Waals surface area contributed by atoms with Crippen LogP contribution in [0, 0.1) is 0 Å². The minimum absolute atomic E-state index is 0.0530. The van der Waals surface area contributed by atoms with Gasteiger partial charge >= 0.3 is 0 Å². The van der Waals surface area contributed by atoms with E-state index in [1.54, 1.807) is 11.3 Å². The summed E-state index contributed by atoms with van der Waals surface area (Å²) in [6.45, 7) is 1.93. The van der Waals surface area contributed by atoms with Gasteiger partial charge in [-0.05, 0) is 24.8 Å². The first-order chi connectivity index (χ1) is 6.68. The zero-order valence-electron chi connectivity index (χ0n) is 8.07. The van der Waals surface area contributed by atoms with Crippen molar-refractivity contribution in [3.8, 4) is 0 Å². The van der Waals surface area contributed by atoms with Gasteiger partial charge in [0, 0.05) is 17.0 Å². The Balaban J connectivity index is 1.91. The smallest absolute Gasteiger partial charge is 0.228 e. The number of thiophene rings is 1. The van der Waals surface area contributed by atoms with Gasteiger partial charge in [0.25, 0.3) is 0 Å². The highest BCUT2D eigenvalue weighted by molar-refractivity contribution is 7.10. The molecule has 0 saturated heterocycles. The molecule has 14 heavy (non-hydrogen) atoms. The zero-order chi connectivity index (χ0) is 10.1. The number of nitrogens with two attached hydrogens (primary N) is 1. The fraction of sp³-hybridized carbons (Fsp3) is 0.500. The summed E-state index contributed by atoms with van der Waals surface area (Å²) in [4.78, 5) is 12.8. The molecule has 0 radical (unpaired) electrons.